The Kier molecular flexibility index (Phi) is 13.3. The van der Waals surface area contributed by atoms with Crippen LogP contribution in [-0.2, 0) is 19.1 Å². The van der Waals surface area contributed by atoms with E-state index in [2.05, 4.69) is 37.4 Å². The van der Waals surface area contributed by atoms with E-state index >= 15 is 0 Å². The summed E-state index contributed by atoms with van der Waals surface area (Å²) < 4.78 is 11.0. The zero-order chi connectivity index (χ0) is 27.3. The summed E-state index contributed by atoms with van der Waals surface area (Å²) in [5.74, 6) is 3.53. The maximum absolute atomic E-state index is 12.0. The van der Waals surface area contributed by atoms with Gasteiger partial charge in [-0.1, -0.05) is 73.8 Å². The molecule has 0 saturated carbocycles. The van der Waals surface area contributed by atoms with Gasteiger partial charge in [-0.15, -0.1) is 23.5 Å². The van der Waals surface area contributed by atoms with Gasteiger partial charge >= 0.3 is 11.9 Å². The Bertz CT molecular complexity index is 967. The summed E-state index contributed by atoms with van der Waals surface area (Å²) in [5.41, 5.74) is 3.20. The van der Waals surface area contributed by atoms with Gasteiger partial charge in [0.25, 0.3) is 0 Å². The minimum Gasteiger partial charge on any atom is -0.461 e. The van der Waals surface area contributed by atoms with Crippen molar-refractivity contribution in [2.24, 2.45) is 0 Å². The maximum Gasteiger partial charge on any atom is 0.333 e. The van der Waals surface area contributed by atoms with Crippen molar-refractivity contribution >= 4 is 59.0 Å². The molecule has 2 aromatic rings. The first-order valence-corrected chi connectivity index (χ1v) is 16.7. The Hall–Kier alpha value is -1.74. The molecule has 38 heavy (non-hydrogen) atoms. The standard InChI is InChI=1S/C30H36O4S4/c1-21(2)29(31)33-15-27(23-11-7-5-8-12-23)37-19-25-17-36-26(18-35-25)20-38-28(16-34-30(32)22(3)4)24-13-9-6-10-14-24/h5-14,25-28H,1,3,15-20H2,2,4H3. The van der Waals surface area contributed by atoms with Gasteiger partial charge in [0, 0.05) is 44.7 Å². The van der Waals surface area contributed by atoms with Crippen LogP contribution in [0.25, 0.3) is 0 Å². The van der Waals surface area contributed by atoms with E-state index in [4.69, 9.17) is 9.47 Å². The molecule has 1 aliphatic heterocycles. The minimum absolute atomic E-state index is 0.104. The molecule has 0 radical (unpaired) electrons. The van der Waals surface area contributed by atoms with Gasteiger partial charge in [-0.25, -0.2) is 9.59 Å². The fraction of sp³-hybridized carbons (Fsp3) is 0.400. The molecule has 1 saturated heterocycles. The number of carbonyl (C=O) groups is 2. The topological polar surface area (TPSA) is 52.6 Å². The molecule has 0 amide bonds. The van der Waals surface area contributed by atoms with Crippen molar-refractivity contribution in [2.45, 2.75) is 34.8 Å². The van der Waals surface area contributed by atoms with Crippen molar-refractivity contribution in [1.29, 1.82) is 0 Å². The molecular weight excluding hydrogens is 553 g/mol. The van der Waals surface area contributed by atoms with Crippen LogP contribution in [0.5, 0.6) is 0 Å². The molecule has 0 bridgehead atoms. The van der Waals surface area contributed by atoms with Crippen molar-refractivity contribution in [2.75, 3.05) is 36.2 Å². The second-order valence-corrected chi connectivity index (χ2v) is 14.3. The first-order valence-electron chi connectivity index (χ1n) is 12.5. The van der Waals surface area contributed by atoms with E-state index < -0.39 is 0 Å². The predicted octanol–water partition coefficient (Wildman–Crippen LogP) is 7.39. The fourth-order valence-corrected chi connectivity index (χ4v) is 9.74. The van der Waals surface area contributed by atoms with Crippen LogP contribution in [0.15, 0.2) is 85.0 Å². The van der Waals surface area contributed by atoms with Gasteiger partial charge in [-0.05, 0) is 25.0 Å². The van der Waals surface area contributed by atoms with Crippen molar-refractivity contribution in [3.63, 3.8) is 0 Å². The highest BCUT2D eigenvalue weighted by atomic mass is 32.2. The zero-order valence-corrected chi connectivity index (χ0v) is 25.3. The lowest BCUT2D eigenvalue weighted by Gasteiger charge is -2.29. The molecule has 1 fully saturated rings. The van der Waals surface area contributed by atoms with Gasteiger partial charge in [0.2, 0.25) is 0 Å². The van der Waals surface area contributed by atoms with Crippen LogP contribution in [0.1, 0.15) is 35.5 Å². The number of ether oxygens (including phenoxy) is 2. The Morgan fingerprint density at radius 2 is 1.13 bits per heavy atom. The predicted molar refractivity (Wildman–Crippen MR) is 167 cm³/mol. The minimum atomic E-state index is -0.335. The molecule has 2 aromatic carbocycles. The summed E-state index contributed by atoms with van der Waals surface area (Å²) >= 11 is 7.79. The van der Waals surface area contributed by atoms with Crippen LogP contribution < -0.4 is 0 Å². The molecule has 0 spiro atoms. The number of benzene rings is 2. The lowest BCUT2D eigenvalue weighted by molar-refractivity contribution is -0.139. The van der Waals surface area contributed by atoms with Crippen molar-refractivity contribution in [3.05, 3.63) is 96.1 Å². The van der Waals surface area contributed by atoms with Gasteiger partial charge in [0.05, 0.1) is 10.5 Å². The number of hydrogen-bond donors (Lipinski definition) is 0. The van der Waals surface area contributed by atoms with Crippen LogP contribution in [0, 0.1) is 0 Å². The van der Waals surface area contributed by atoms with Gasteiger partial charge in [-0.2, -0.15) is 23.5 Å². The molecule has 4 atom stereocenters. The summed E-state index contributed by atoms with van der Waals surface area (Å²) in [6.07, 6.45) is 0. The molecule has 0 aliphatic carbocycles. The van der Waals surface area contributed by atoms with E-state index in [0.29, 0.717) is 34.9 Å². The largest absolute Gasteiger partial charge is 0.461 e. The van der Waals surface area contributed by atoms with Crippen molar-refractivity contribution in [3.8, 4) is 0 Å². The number of rotatable bonds is 14. The number of hydrogen-bond acceptors (Lipinski definition) is 8. The summed E-state index contributed by atoms with van der Waals surface area (Å²) in [7, 11) is 0. The third-order valence-electron chi connectivity index (χ3n) is 5.77. The monoisotopic (exact) mass is 588 g/mol. The smallest absolute Gasteiger partial charge is 0.333 e. The number of thioether (sulfide) groups is 4. The van der Waals surface area contributed by atoms with Gasteiger partial charge < -0.3 is 9.47 Å². The summed E-state index contributed by atoms with van der Waals surface area (Å²) in [4.78, 5) is 23.9. The molecular formula is C30H36O4S4. The lowest BCUT2D eigenvalue weighted by Crippen LogP contribution is -2.26. The normalized spacial score (nSPS) is 18.7. The van der Waals surface area contributed by atoms with Crippen LogP contribution in [0.4, 0.5) is 0 Å². The summed E-state index contributed by atoms with van der Waals surface area (Å²) in [6.45, 7) is 11.4. The fourth-order valence-electron chi connectivity index (χ4n) is 3.59. The van der Waals surface area contributed by atoms with Crippen LogP contribution >= 0.6 is 47.0 Å². The van der Waals surface area contributed by atoms with E-state index in [-0.39, 0.29) is 22.4 Å². The van der Waals surface area contributed by atoms with E-state index in [1.54, 1.807) is 13.8 Å². The Morgan fingerprint density at radius 1 is 0.763 bits per heavy atom. The quantitative estimate of drug-likeness (QED) is 0.167. The average molecular weight is 589 g/mol. The molecule has 4 unspecified atom stereocenters. The first kappa shape index (κ1) is 30.8. The molecule has 4 nitrogen and oxygen atoms in total. The van der Waals surface area contributed by atoms with Gasteiger partial charge in [-0.3, -0.25) is 0 Å². The Balaban J connectivity index is 1.47. The number of carbonyl (C=O) groups excluding carboxylic acids is 2. The van der Waals surface area contributed by atoms with Gasteiger partial charge in [0.1, 0.15) is 13.2 Å². The third-order valence-corrected chi connectivity index (χ3v) is 12.2. The molecule has 0 N–H and O–H groups in total. The highest BCUT2D eigenvalue weighted by Crippen LogP contribution is 2.39. The second kappa shape index (κ2) is 16.4. The van der Waals surface area contributed by atoms with E-state index in [9.17, 15) is 9.59 Å². The molecule has 1 heterocycles. The molecule has 204 valence electrons. The summed E-state index contributed by atoms with van der Waals surface area (Å²) in [5, 5.41) is 1.31. The number of esters is 2. The Labute approximate surface area is 244 Å². The zero-order valence-electron chi connectivity index (χ0n) is 22.0. The molecule has 8 heteroatoms. The maximum atomic E-state index is 12.0. The Morgan fingerprint density at radius 3 is 1.45 bits per heavy atom. The molecule has 3 rings (SSSR count). The van der Waals surface area contributed by atoms with E-state index in [1.807, 2.05) is 83.4 Å². The van der Waals surface area contributed by atoms with Crippen LogP contribution in [-0.4, -0.2) is 58.7 Å². The molecule has 1 aliphatic rings. The first-order chi connectivity index (χ1) is 18.3. The van der Waals surface area contributed by atoms with Gasteiger partial charge in [0.15, 0.2) is 0 Å². The average Bonchev–Trinajstić information content (AvgIpc) is 2.94. The molecule has 0 aromatic heterocycles. The van der Waals surface area contributed by atoms with Crippen molar-refractivity contribution in [1.82, 2.24) is 0 Å². The highest BCUT2D eigenvalue weighted by molar-refractivity contribution is 8.09. The summed E-state index contributed by atoms with van der Waals surface area (Å²) in [6, 6.07) is 20.5. The third kappa shape index (κ3) is 10.4. The SMILES string of the molecule is C=C(C)C(=O)OCC(SCC1CSC(CSC(COC(=O)C(=C)C)c2ccccc2)CS1)c1ccccc1. The highest BCUT2D eigenvalue weighted by Gasteiger charge is 2.26. The van der Waals surface area contributed by atoms with E-state index in [1.165, 1.54) is 11.1 Å². The van der Waals surface area contributed by atoms with Crippen molar-refractivity contribution < 1.29 is 19.1 Å². The van der Waals surface area contributed by atoms with E-state index in [0.717, 1.165) is 23.0 Å². The lowest BCUT2D eigenvalue weighted by atomic mass is 10.1. The second-order valence-electron chi connectivity index (χ2n) is 9.13. The van der Waals surface area contributed by atoms with Crippen LogP contribution in [0.3, 0.4) is 0 Å². The van der Waals surface area contributed by atoms with Crippen LogP contribution in [0.2, 0.25) is 0 Å².